The van der Waals surface area contributed by atoms with Gasteiger partial charge in [0.15, 0.2) is 0 Å². The molecule has 0 spiro atoms. The molecule has 0 radical (unpaired) electrons. The number of hydrogen-bond donors (Lipinski definition) is 0. The quantitative estimate of drug-likeness (QED) is 0.533. The van der Waals surface area contributed by atoms with Crippen LogP contribution in [0.2, 0.25) is 0 Å². The normalized spacial score (nSPS) is 51.6. The van der Waals surface area contributed by atoms with E-state index in [0.29, 0.717) is 10.8 Å². The van der Waals surface area contributed by atoms with Crippen LogP contribution in [-0.4, -0.2) is 0 Å². The van der Waals surface area contributed by atoms with Crippen molar-refractivity contribution in [1.29, 1.82) is 0 Å². The van der Waals surface area contributed by atoms with Crippen molar-refractivity contribution in [3.8, 4) is 0 Å². The van der Waals surface area contributed by atoms with Crippen molar-refractivity contribution in [2.24, 2.45) is 28.6 Å². The molecule has 2 aliphatic carbocycles. The van der Waals surface area contributed by atoms with Crippen LogP contribution in [0.1, 0.15) is 60.3 Å². The van der Waals surface area contributed by atoms with Crippen LogP contribution in [0.5, 0.6) is 0 Å². The zero-order valence-electron chi connectivity index (χ0n) is 10.6. The second-order valence-corrected chi connectivity index (χ2v) is 7.38. The molecule has 82 valence electrons. The van der Waals surface area contributed by atoms with Crippen LogP contribution in [0, 0.1) is 28.6 Å². The Labute approximate surface area is 89.5 Å². The Balaban J connectivity index is 2.26. The van der Waals surface area contributed by atoms with Gasteiger partial charge in [-0.05, 0) is 54.3 Å². The molecule has 0 aliphatic heterocycles. The first-order valence-corrected chi connectivity index (χ1v) is 6.31. The summed E-state index contributed by atoms with van der Waals surface area (Å²) in [4.78, 5) is 0. The summed E-state index contributed by atoms with van der Waals surface area (Å²) in [6.07, 6.45) is 5.87. The molecule has 0 heteroatoms. The first-order chi connectivity index (χ1) is 6.31. The zero-order valence-corrected chi connectivity index (χ0v) is 10.6. The fraction of sp³-hybridized carbons (Fsp3) is 1.00. The van der Waals surface area contributed by atoms with Gasteiger partial charge < -0.3 is 0 Å². The molecule has 0 aromatic rings. The molecule has 4 atom stereocenters. The third-order valence-electron chi connectivity index (χ3n) is 4.78. The summed E-state index contributed by atoms with van der Waals surface area (Å²) in [6, 6.07) is 0. The largest absolute Gasteiger partial charge is 0.0622 e. The molecule has 2 fully saturated rings. The van der Waals surface area contributed by atoms with E-state index in [1.807, 2.05) is 0 Å². The highest BCUT2D eigenvalue weighted by Crippen LogP contribution is 2.58. The van der Waals surface area contributed by atoms with Gasteiger partial charge in [0, 0.05) is 0 Å². The Morgan fingerprint density at radius 2 is 1.43 bits per heavy atom. The van der Waals surface area contributed by atoms with E-state index in [1.54, 1.807) is 0 Å². The maximum absolute atomic E-state index is 2.53. The van der Waals surface area contributed by atoms with E-state index in [-0.39, 0.29) is 0 Å². The molecule has 2 rings (SSSR count). The number of fused-ring (bicyclic) bond motifs is 2. The average Bonchev–Trinajstić information content (AvgIpc) is 2.18. The first-order valence-electron chi connectivity index (χ1n) is 6.31. The third-order valence-corrected chi connectivity index (χ3v) is 4.78. The fourth-order valence-corrected chi connectivity index (χ4v) is 4.94. The van der Waals surface area contributed by atoms with Crippen molar-refractivity contribution in [2.45, 2.75) is 60.3 Å². The Hall–Kier alpha value is 0. The third kappa shape index (κ3) is 1.73. The molecule has 0 saturated heterocycles. The monoisotopic (exact) mass is 194 g/mol. The second kappa shape index (κ2) is 3.00. The maximum Gasteiger partial charge on any atom is -0.0315 e. The highest BCUT2D eigenvalue weighted by molar-refractivity contribution is 4.98. The van der Waals surface area contributed by atoms with E-state index in [2.05, 4.69) is 34.6 Å². The molecular weight excluding hydrogens is 168 g/mol. The van der Waals surface area contributed by atoms with Gasteiger partial charge in [0.05, 0.1) is 0 Å². The van der Waals surface area contributed by atoms with Crippen molar-refractivity contribution in [3.05, 3.63) is 0 Å². The molecule has 0 aromatic carbocycles. The molecule has 0 heterocycles. The molecule has 0 aromatic heterocycles. The van der Waals surface area contributed by atoms with Crippen LogP contribution >= 0.6 is 0 Å². The van der Waals surface area contributed by atoms with E-state index in [1.165, 1.54) is 25.7 Å². The van der Waals surface area contributed by atoms with Crippen molar-refractivity contribution >= 4 is 0 Å². The van der Waals surface area contributed by atoms with E-state index >= 15 is 0 Å². The Bertz CT molecular complexity index is 228. The van der Waals surface area contributed by atoms with Crippen molar-refractivity contribution in [3.63, 3.8) is 0 Å². The van der Waals surface area contributed by atoms with Crippen molar-refractivity contribution in [1.82, 2.24) is 0 Å². The first kappa shape index (κ1) is 10.5. The van der Waals surface area contributed by atoms with Crippen LogP contribution < -0.4 is 0 Å². The minimum Gasteiger partial charge on any atom is -0.0622 e. The minimum absolute atomic E-state index is 0.586. The topological polar surface area (TPSA) is 0 Å². The SMILES string of the molecule is CC1CC(C)(C)CC2(C)CC(C)C1C2. The van der Waals surface area contributed by atoms with E-state index < -0.39 is 0 Å². The number of hydrogen-bond acceptors (Lipinski definition) is 0. The summed E-state index contributed by atoms with van der Waals surface area (Å²) < 4.78 is 0. The highest BCUT2D eigenvalue weighted by Gasteiger charge is 2.48. The van der Waals surface area contributed by atoms with Gasteiger partial charge in [-0.2, -0.15) is 0 Å². The predicted molar refractivity (Wildman–Crippen MR) is 62.2 cm³/mol. The van der Waals surface area contributed by atoms with Crippen LogP contribution in [0.3, 0.4) is 0 Å². The van der Waals surface area contributed by atoms with Gasteiger partial charge in [-0.1, -0.05) is 34.6 Å². The Morgan fingerprint density at radius 1 is 0.857 bits per heavy atom. The second-order valence-electron chi connectivity index (χ2n) is 7.38. The smallest absolute Gasteiger partial charge is 0.0315 e. The standard InChI is InChI=1S/C14H26/c1-10-6-13(3,4)9-14(5)7-11(2)12(10)8-14/h10-12H,6-9H2,1-5H3. The van der Waals surface area contributed by atoms with Gasteiger partial charge in [-0.15, -0.1) is 0 Å². The maximum atomic E-state index is 2.53. The van der Waals surface area contributed by atoms with E-state index in [0.717, 1.165) is 17.8 Å². The predicted octanol–water partition coefficient (Wildman–Crippen LogP) is 4.49. The lowest BCUT2D eigenvalue weighted by Crippen LogP contribution is -2.25. The van der Waals surface area contributed by atoms with Gasteiger partial charge in [-0.25, -0.2) is 0 Å². The van der Waals surface area contributed by atoms with Crippen molar-refractivity contribution in [2.75, 3.05) is 0 Å². The minimum atomic E-state index is 0.586. The molecule has 0 nitrogen and oxygen atoms in total. The van der Waals surface area contributed by atoms with Crippen LogP contribution in [0.15, 0.2) is 0 Å². The van der Waals surface area contributed by atoms with Crippen LogP contribution in [0.4, 0.5) is 0 Å². The Kier molecular flexibility index (Phi) is 2.25. The van der Waals surface area contributed by atoms with Gasteiger partial charge >= 0.3 is 0 Å². The molecule has 2 aliphatic rings. The molecule has 14 heavy (non-hydrogen) atoms. The molecule has 0 amide bonds. The summed E-state index contributed by atoms with van der Waals surface area (Å²) >= 11 is 0. The van der Waals surface area contributed by atoms with Gasteiger partial charge in [0.25, 0.3) is 0 Å². The van der Waals surface area contributed by atoms with E-state index in [9.17, 15) is 0 Å². The van der Waals surface area contributed by atoms with Gasteiger partial charge in [0.1, 0.15) is 0 Å². The van der Waals surface area contributed by atoms with Gasteiger partial charge in [0.2, 0.25) is 0 Å². The zero-order chi connectivity index (χ0) is 10.6. The summed E-state index contributed by atoms with van der Waals surface area (Å²) in [5, 5.41) is 0. The molecule has 2 bridgehead atoms. The average molecular weight is 194 g/mol. The van der Waals surface area contributed by atoms with E-state index in [4.69, 9.17) is 0 Å². The molecular formula is C14H26. The lowest BCUT2D eigenvalue weighted by Gasteiger charge is -2.36. The molecule has 2 saturated carbocycles. The number of rotatable bonds is 0. The summed E-state index contributed by atoms with van der Waals surface area (Å²) in [5.74, 6) is 2.94. The summed E-state index contributed by atoms with van der Waals surface area (Å²) in [5.41, 5.74) is 1.25. The van der Waals surface area contributed by atoms with Crippen LogP contribution in [0.25, 0.3) is 0 Å². The summed E-state index contributed by atoms with van der Waals surface area (Å²) in [6.45, 7) is 12.4. The Morgan fingerprint density at radius 3 is 2.07 bits per heavy atom. The van der Waals surface area contributed by atoms with Gasteiger partial charge in [-0.3, -0.25) is 0 Å². The molecule has 0 N–H and O–H groups in total. The summed E-state index contributed by atoms with van der Waals surface area (Å²) in [7, 11) is 0. The lowest BCUT2D eigenvalue weighted by atomic mass is 9.70. The molecule has 4 unspecified atom stereocenters. The van der Waals surface area contributed by atoms with Crippen molar-refractivity contribution < 1.29 is 0 Å². The van der Waals surface area contributed by atoms with Crippen LogP contribution in [-0.2, 0) is 0 Å². The fourth-order valence-electron chi connectivity index (χ4n) is 4.94. The highest BCUT2D eigenvalue weighted by atomic mass is 14.5. The lowest BCUT2D eigenvalue weighted by molar-refractivity contribution is 0.149.